The van der Waals surface area contributed by atoms with Crippen LogP contribution in [-0.4, -0.2) is 85.3 Å². The first-order valence-electron chi connectivity index (χ1n) is 17.6. The first-order chi connectivity index (χ1) is 25.2. The minimum Gasteiger partial charge on any atom is -0.493 e. The molecule has 1 aromatic carbocycles. The van der Waals surface area contributed by atoms with Gasteiger partial charge in [0, 0.05) is 23.2 Å². The highest BCUT2D eigenvalue weighted by molar-refractivity contribution is 5.94. The molecule has 288 valence electrons. The molecule has 0 amide bonds. The van der Waals surface area contributed by atoms with Crippen molar-refractivity contribution in [2.45, 2.75) is 77.4 Å². The molecular formula is C37H45NO15. The van der Waals surface area contributed by atoms with E-state index >= 15 is 0 Å². The van der Waals surface area contributed by atoms with Crippen molar-refractivity contribution in [3.63, 3.8) is 0 Å². The van der Waals surface area contributed by atoms with Crippen molar-refractivity contribution in [2.75, 3.05) is 33.5 Å². The van der Waals surface area contributed by atoms with Crippen molar-refractivity contribution >= 4 is 29.8 Å². The highest BCUT2D eigenvalue weighted by Crippen LogP contribution is 2.67. The van der Waals surface area contributed by atoms with Crippen LogP contribution in [0.25, 0.3) is 0 Å². The molecule has 53 heavy (non-hydrogen) atoms. The molecule has 0 aromatic heterocycles. The summed E-state index contributed by atoms with van der Waals surface area (Å²) in [5, 5.41) is 21.1. The lowest BCUT2D eigenvalue weighted by Crippen LogP contribution is -2.63. The minimum absolute atomic E-state index is 0.00382. The van der Waals surface area contributed by atoms with E-state index in [1.807, 2.05) is 19.9 Å². The van der Waals surface area contributed by atoms with Gasteiger partial charge in [0.2, 0.25) is 5.78 Å². The number of nitrogens with zero attached hydrogens (tertiary/aromatic N) is 1. The number of Topliss-reactive ketones (excluding diaryl/α,β-unsaturated/α-hetero) is 1. The molecule has 0 bridgehead atoms. The fourth-order valence-electron chi connectivity index (χ4n) is 9.03. The second kappa shape index (κ2) is 15.9. The largest absolute Gasteiger partial charge is 0.514 e. The zero-order valence-corrected chi connectivity index (χ0v) is 30.2. The quantitative estimate of drug-likeness (QED) is 0.0498. The number of carbonyl (C=O) groups excluding carboxylic acids is 5. The second-order valence-corrected chi connectivity index (χ2v) is 14.2. The van der Waals surface area contributed by atoms with Crippen LogP contribution in [0.4, 0.5) is 9.59 Å². The van der Waals surface area contributed by atoms with Crippen molar-refractivity contribution in [3.8, 4) is 11.5 Å². The molecule has 1 N–H and O–H groups in total. The van der Waals surface area contributed by atoms with Crippen LogP contribution in [0.3, 0.4) is 0 Å². The summed E-state index contributed by atoms with van der Waals surface area (Å²) >= 11 is 0. The smallest absolute Gasteiger partial charge is 0.493 e. The lowest BCUT2D eigenvalue weighted by Gasteiger charge is -2.59. The number of ether oxygens (including phenoxy) is 6. The second-order valence-electron chi connectivity index (χ2n) is 14.2. The van der Waals surface area contributed by atoms with Gasteiger partial charge in [0.15, 0.2) is 29.5 Å². The third-order valence-electron chi connectivity index (χ3n) is 11.4. The van der Waals surface area contributed by atoms with Crippen molar-refractivity contribution in [1.29, 1.82) is 0 Å². The van der Waals surface area contributed by atoms with Crippen molar-refractivity contribution < 1.29 is 67.4 Å². The number of carbonyl (C=O) groups is 5. The van der Waals surface area contributed by atoms with Gasteiger partial charge in [-0.1, -0.05) is 31.6 Å². The molecular weight excluding hydrogens is 698 g/mol. The number of aliphatic hydroxyl groups excluding tert-OH is 1. The Hall–Kier alpha value is -4.99. The Kier molecular flexibility index (Phi) is 11.8. The number of esters is 1. The number of hydrogen-bond acceptors (Lipinski definition) is 15. The van der Waals surface area contributed by atoms with Gasteiger partial charge in [-0.3, -0.25) is 9.59 Å². The molecule has 5 rings (SSSR count). The summed E-state index contributed by atoms with van der Waals surface area (Å²) < 4.78 is 32.0. The zero-order valence-electron chi connectivity index (χ0n) is 30.2. The van der Waals surface area contributed by atoms with Gasteiger partial charge in [-0.2, -0.15) is 0 Å². The molecule has 4 aliphatic carbocycles. The van der Waals surface area contributed by atoms with E-state index in [2.05, 4.69) is 10.9 Å². The number of fused-ring (bicyclic) bond motifs is 5. The molecule has 0 unspecified atom stereocenters. The number of unbranched alkanes of at least 4 members (excludes halogenated alkanes) is 1. The number of allylic oxidation sites excluding steroid dienone is 4. The minimum atomic E-state index is -1.79. The maximum atomic E-state index is 14.2. The average Bonchev–Trinajstić information content (AvgIpc) is 3.40. The highest BCUT2D eigenvalue weighted by Gasteiger charge is 2.70. The van der Waals surface area contributed by atoms with Crippen LogP contribution in [0.5, 0.6) is 11.5 Å². The van der Waals surface area contributed by atoms with Crippen LogP contribution in [0.2, 0.25) is 0 Å². The van der Waals surface area contributed by atoms with Crippen molar-refractivity contribution in [1.82, 2.24) is 0 Å². The van der Waals surface area contributed by atoms with Gasteiger partial charge < -0.3 is 38.4 Å². The van der Waals surface area contributed by atoms with E-state index in [0.717, 1.165) is 5.57 Å². The molecule has 0 aliphatic heterocycles. The Labute approximate surface area is 305 Å². The molecule has 0 heterocycles. The summed E-state index contributed by atoms with van der Waals surface area (Å²) in [4.78, 5) is 79.2. The predicted molar refractivity (Wildman–Crippen MR) is 181 cm³/mol. The number of aliphatic hydroxyl groups is 1. The van der Waals surface area contributed by atoms with E-state index < -0.39 is 58.3 Å². The molecule has 1 aromatic rings. The van der Waals surface area contributed by atoms with Gasteiger partial charge in [-0.05, 0) is 81.6 Å². The molecule has 7 atom stereocenters. The third-order valence-corrected chi connectivity index (χ3v) is 11.4. The van der Waals surface area contributed by atoms with Crippen LogP contribution in [0.15, 0.2) is 42.0 Å². The summed E-state index contributed by atoms with van der Waals surface area (Å²) in [6, 6.07) is 3.88. The molecule has 4 aliphatic rings. The van der Waals surface area contributed by atoms with Gasteiger partial charge in [-0.25, -0.2) is 14.4 Å². The lowest BCUT2D eigenvalue weighted by atomic mass is 9.47. The van der Waals surface area contributed by atoms with E-state index in [-0.39, 0.29) is 73.3 Å². The van der Waals surface area contributed by atoms with Crippen molar-refractivity contribution in [3.05, 3.63) is 57.7 Å². The van der Waals surface area contributed by atoms with Crippen LogP contribution in [0, 0.1) is 38.7 Å². The average molecular weight is 744 g/mol. The maximum Gasteiger partial charge on any atom is 0.514 e. The van der Waals surface area contributed by atoms with Gasteiger partial charge in [0.25, 0.3) is 5.09 Å². The third kappa shape index (κ3) is 7.73. The first kappa shape index (κ1) is 39.2. The Bertz CT molecular complexity index is 1690. The topological polar surface area (TPSA) is 213 Å². The van der Waals surface area contributed by atoms with Crippen LogP contribution < -0.4 is 9.47 Å². The summed E-state index contributed by atoms with van der Waals surface area (Å²) in [6.07, 6.45) is 4.52. The zero-order chi connectivity index (χ0) is 38.6. The normalized spacial score (nSPS) is 29.7. The SMILES string of the molecule is CCOC(=O)O[C@]1(C(=O)COC(=O)Oc2ccc(C(=O)OCCCCO[N+](=O)[O-])cc2OC)CC[C@H]2[C@@H]3CC=C4CC(=O)C=C[C@]4(C)[C@H]3[C@@H](O)C[C@@]21C. The number of hydrogen-bond donors (Lipinski definition) is 1. The number of benzene rings is 1. The van der Waals surface area contributed by atoms with E-state index in [4.69, 9.17) is 28.4 Å². The monoisotopic (exact) mass is 743 g/mol. The number of ketones is 2. The van der Waals surface area contributed by atoms with E-state index in [1.54, 1.807) is 13.0 Å². The van der Waals surface area contributed by atoms with Crippen LogP contribution >= 0.6 is 0 Å². The Balaban J connectivity index is 1.27. The summed E-state index contributed by atoms with van der Waals surface area (Å²) in [5.74, 6) is -2.03. The first-order valence-corrected chi connectivity index (χ1v) is 17.6. The lowest BCUT2D eigenvalue weighted by molar-refractivity contribution is -0.757. The van der Waals surface area contributed by atoms with Crippen LogP contribution in [0.1, 0.15) is 76.1 Å². The van der Waals surface area contributed by atoms with Crippen molar-refractivity contribution in [2.24, 2.45) is 28.6 Å². The molecule has 0 saturated heterocycles. The number of methoxy groups -OCH3 is 1. The Morgan fingerprint density at radius 3 is 2.51 bits per heavy atom. The van der Waals surface area contributed by atoms with Gasteiger partial charge in [0.1, 0.15) is 0 Å². The molecule has 0 radical (unpaired) electrons. The molecule has 16 heteroatoms. The molecule has 2 fully saturated rings. The predicted octanol–water partition coefficient (Wildman–Crippen LogP) is 5.12. The highest BCUT2D eigenvalue weighted by atomic mass is 16.9. The summed E-state index contributed by atoms with van der Waals surface area (Å²) in [6.45, 7) is 4.48. The summed E-state index contributed by atoms with van der Waals surface area (Å²) in [7, 11) is 1.28. The van der Waals surface area contributed by atoms with E-state index in [9.17, 15) is 39.2 Å². The molecule has 0 spiro atoms. The van der Waals surface area contributed by atoms with E-state index in [0.29, 0.717) is 32.1 Å². The molecule has 16 nitrogen and oxygen atoms in total. The molecule has 2 saturated carbocycles. The fourth-order valence-corrected chi connectivity index (χ4v) is 9.03. The van der Waals surface area contributed by atoms with E-state index in [1.165, 1.54) is 25.3 Å². The Morgan fingerprint density at radius 2 is 1.79 bits per heavy atom. The van der Waals surface area contributed by atoms with Gasteiger partial charge in [-0.15, -0.1) is 10.1 Å². The standard InChI is InChI=1S/C37H45NO15/c1-5-48-34(44)53-37(15-13-26-25-10-9-23-19-24(39)12-14-35(23,2)31(25)27(40)20-36(26,37)3)30(41)21-50-33(43)52-28-11-8-22(18-29(28)47-4)32(42)49-16-6-7-17-51-38(45)46/h8-9,11-12,14,18,25-27,31,40H,5-7,10,13,15-17,19-21H2,1-4H3/t25-,26-,27-,31+,35-,36-,37-/m0/s1. The van der Waals surface area contributed by atoms with Gasteiger partial charge in [0.05, 0.1) is 38.6 Å². The van der Waals surface area contributed by atoms with Crippen LogP contribution in [-0.2, 0) is 33.4 Å². The maximum absolute atomic E-state index is 14.2. The van der Waals surface area contributed by atoms with Gasteiger partial charge >= 0.3 is 18.3 Å². The Morgan fingerprint density at radius 1 is 1.04 bits per heavy atom. The summed E-state index contributed by atoms with van der Waals surface area (Å²) in [5.41, 5.74) is -2.34. The fraction of sp³-hybridized carbons (Fsp3) is 0.595. The number of rotatable bonds is 14.